The molecule has 0 saturated carbocycles. The van der Waals surface area contributed by atoms with Gasteiger partial charge in [-0.3, -0.25) is 24.2 Å². The summed E-state index contributed by atoms with van der Waals surface area (Å²) in [6.45, 7) is 3.42. The third-order valence-corrected chi connectivity index (χ3v) is 5.47. The van der Waals surface area contributed by atoms with Crippen LogP contribution in [0.15, 0.2) is 35.1 Å². The number of nitrogens with two attached hydrogens (primary N) is 1. The highest BCUT2D eigenvalue weighted by Gasteiger charge is 2.29. The van der Waals surface area contributed by atoms with Gasteiger partial charge in [0.05, 0.1) is 18.3 Å². The van der Waals surface area contributed by atoms with Crippen LogP contribution in [0.3, 0.4) is 0 Å². The number of hydrogen-bond acceptors (Lipinski definition) is 8. The number of rotatable bonds is 13. The van der Waals surface area contributed by atoms with Gasteiger partial charge in [-0.15, -0.1) is 0 Å². The van der Waals surface area contributed by atoms with E-state index >= 15 is 0 Å². The highest BCUT2D eigenvalue weighted by molar-refractivity contribution is 6.54. The number of nitrogens with zero attached hydrogens (tertiary/aromatic N) is 3. The van der Waals surface area contributed by atoms with Crippen molar-refractivity contribution in [1.82, 2.24) is 15.5 Å². The first-order valence-corrected chi connectivity index (χ1v) is 11.7. The van der Waals surface area contributed by atoms with Crippen molar-refractivity contribution in [3.8, 4) is 11.5 Å². The Morgan fingerprint density at radius 2 is 1.89 bits per heavy atom. The van der Waals surface area contributed by atoms with E-state index in [0.717, 1.165) is 0 Å². The SMILES string of the molecule is CC(C)C(NC(=O)C(N)CCC(=O)O)C(=O)CCN(C(=O)C(Cl)Cl)c1ccnc(-c2ccno2)c1. The lowest BCUT2D eigenvalue weighted by Crippen LogP contribution is -2.51. The van der Waals surface area contributed by atoms with E-state index in [9.17, 15) is 19.2 Å². The Kier molecular flexibility index (Phi) is 10.6. The molecule has 2 aromatic heterocycles. The van der Waals surface area contributed by atoms with Crippen LogP contribution in [0.4, 0.5) is 5.69 Å². The van der Waals surface area contributed by atoms with Crippen LogP contribution >= 0.6 is 23.2 Å². The lowest BCUT2D eigenvalue weighted by molar-refractivity contribution is -0.137. The van der Waals surface area contributed by atoms with Crippen LogP contribution in [0, 0.1) is 5.92 Å². The zero-order valence-electron chi connectivity index (χ0n) is 19.2. The molecule has 2 aromatic rings. The fraction of sp³-hybridized carbons (Fsp3) is 0.455. The van der Waals surface area contributed by atoms with Crippen LogP contribution in [0.25, 0.3) is 11.5 Å². The molecule has 0 aliphatic heterocycles. The summed E-state index contributed by atoms with van der Waals surface area (Å²) >= 11 is 11.7. The first kappa shape index (κ1) is 28.2. The van der Waals surface area contributed by atoms with E-state index in [-0.39, 0.29) is 37.5 Å². The van der Waals surface area contributed by atoms with Crippen LogP contribution in [0.5, 0.6) is 0 Å². The van der Waals surface area contributed by atoms with Gasteiger partial charge in [0.1, 0.15) is 5.69 Å². The van der Waals surface area contributed by atoms with Crippen molar-refractivity contribution < 1.29 is 28.8 Å². The number of ketones is 1. The first-order chi connectivity index (χ1) is 16.5. The maximum absolute atomic E-state index is 13.0. The molecule has 0 aliphatic rings. The molecule has 4 N–H and O–H groups in total. The number of aliphatic carboxylic acids is 1. The second kappa shape index (κ2) is 13.2. The third kappa shape index (κ3) is 8.30. The Morgan fingerprint density at radius 3 is 2.46 bits per heavy atom. The number of nitrogens with one attached hydrogen (secondary N) is 1. The summed E-state index contributed by atoms with van der Waals surface area (Å²) in [7, 11) is 0. The van der Waals surface area contributed by atoms with Gasteiger partial charge >= 0.3 is 5.97 Å². The minimum atomic E-state index is -1.38. The summed E-state index contributed by atoms with van der Waals surface area (Å²) in [6, 6.07) is 2.77. The normalized spacial score (nSPS) is 12.9. The Morgan fingerprint density at radius 1 is 1.17 bits per heavy atom. The molecule has 11 nitrogen and oxygen atoms in total. The predicted molar refractivity (Wildman–Crippen MR) is 129 cm³/mol. The topological polar surface area (TPSA) is 169 Å². The molecule has 0 aromatic carbocycles. The van der Waals surface area contributed by atoms with Crippen molar-refractivity contribution in [1.29, 1.82) is 0 Å². The molecule has 0 bridgehead atoms. The Bertz CT molecular complexity index is 1030. The average Bonchev–Trinajstić information content (AvgIpc) is 3.35. The number of hydrogen-bond donors (Lipinski definition) is 3. The number of alkyl halides is 2. The van der Waals surface area contributed by atoms with E-state index in [1.165, 1.54) is 17.3 Å². The molecular formula is C22H27Cl2N5O6. The van der Waals surface area contributed by atoms with Gasteiger partial charge in [0.2, 0.25) is 5.91 Å². The van der Waals surface area contributed by atoms with Crippen molar-refractivity contribution in [3.05, 3.63) is 30.6 Å². The van der Waals surface area contributed by atoms with Crippen molar-refractivity contribution in [2.24, 2.45) is 11.7 Å². The van der Waals surface area contributed by atoms with Gasteiger partial charge in [-0.05, 0) is 24.5 Å². The number of carboxylic acids is 1. The van der Waals surface area contributed by atoms with Crippen molar-refractivity contribution in [2.45, 2.75) is 50.0 Å². The summed E-state index contributed by atoms with van der Waals surface area (Å²) in [5.74, 6) is -2.59. The second-order valence-electron chi connectivity index (χ2n) is 8.05. The molecule has 0 saturated heterocycles. The first-order valence-electron chi connectivity index (χ1n) is 10.8. The largest absolute Gasteiger partial charge is 0.481 e. The molecule has 2 unspecified atom stereocenters. The molecule has 0 fully saturated rings. The summed E-state index contributed by atoms with van der Waals surface area (Å²) in [5, 5.41) is 15.0. The van der Waals surface area contributed by atoms with Gasteiger partial charge in [0.15, 0.2) is 16.4 Å². The van der Waals surface area contributed by atoms with Gasteiger partial charge < -0.3 is 25.6 Å². The van der Waals surface area contributed by atoms with Crippen LogP contribution in [0.1, 0.15) is 33.1 Å². The third-order valence-electron chi connectivity index (χ3n) is 5.10. The second-order valence-corrected chi connectivity index (χ2v) is 9.15. The monoisotopic (exact) mass is 527 g/mol. The van der Waals surface area contributed by atoms with Gasteiger partial charge in [-0.2, -0.15) is 0 Å². The van der Waals surface area contributed by atoms with Gasteiger partial charge in [0, 0.05) is 37.3 Å². The molecule has 190 valence electrons. The highest BCUT2D eigenvalue weighted by atomic mass is 35.5. The maximum atomic E-state index is 13.0. The van der Waals surface area contributed by atoms with Crippen LogP contribution < -0.4 is 16.0 Å². The van der Waals surface area contributed by atoms with Gasteiger partial charge in [0.25, 0.3) is 5.91 Å². The quantitative estimate of drug-likeness (QED) is 0.330. The number of amides is 2. The number of aromatic nitrogens is 2. The van der Waals surface area contributed by atoms with Crippen molar-refractivity contribution in [3.63, 3.8) is 0 Å². The number of carbonyl (C=O) groups is 4. The number of carboxylic acid groups (broad SMARTS) is 1. The van der Waals surface area contributed by atoms with E-state index in [2.05, 4.69) is 15.5 Å². The van der Waals surface area contributed by atoms with Crippen LogP contribution in [-0.4, -0.2) is 62.3 Å². The molecule has 0 spiro atoms. The lowest BCUT2D eigenvalue weighted by atomic mass is 9.97. The zero-order chi connectivity index (χ0) is 26.1. The number of carbonyl (C=O) groups excluding carboxylic acids is 3. The molecule has 2 rings (SSSR count). The Labute approximate surface area is 211 Å². The number of Topliss-reactive ketones (excluding diaryl/α,β-unsaturated/α-hetero) is 1. The standard InChI is InChI=1S/C22H27Cl2N5O6/c1-12(2)19(28-21(33)14(25)3-4-18(31)32)16(30)7-10-29(22(34)20(23)24)13-5-8-26-15(11-13)17-6-9-27-35-17/h5-6,8-9,11-12,14,19-20H,3-4,7,10,25H2,1-2H3,(H,28,33)(H,31,32). The van der Waals surface area contributed by atoms with E-state index in [1.54, 1.807) is 32.0 Å². The molecule has 2 amide bonds. The average molecular weight is 528 g/mol. The maximum Gasteiger partial charge on any atom is 0.303 e. The predicted octanol–water partition coefficient (Wildman–Crippen LogP) is 2.17. The van der Waals surface area contributed by atoms with Crippen LogP contribution in [0.2, 0.25) is 0 Å². The van der Waals surface area contributed by atoms with E-state index < -0.39 is 34.7 Å². The van der Waals surface area contributed by atoms with E-state index in [4.69, 9.17) is 38.6 Å². The summed E-state index contributed by atoms with van der Waals surface area (Å²) in [6.07, 6.45) is 2.45. The molecule has 2 heterocycles. The van der Waals surface area contributed by atoms with Crippen LogP contribution in [-0.2, 0) is 19.2 Å². The van der Waals surface area contributed by atoms with Gasteiger partial charge in [-0.1, -0.05) is 42.2 Å². The lowest BCUT2D eigenvalue weighted by Gasteiger charge is -2.26. The zero-order valence-corrected chi connectivity index (χ0v) is 20.7. The molecule has 0 radical (unpaired) electrons. The van der Waals surface area contributed by atoms with Crippen molar-refractivity contribution >= 4 is 52.5 Å². The molecule has 2 atom stereocenters. The fourth-order valence-electron chi connectivity index (χ4n) is 3.22. The fourth-order valence-corrected chi connectivity index (χ4v) is 3.46. The molecular weight excluding hydrogens is 501 g/mol. The highest BCUT2D eigenvalue weighted by Crippen LogP contribution is 2.24. The Hall–Kier alpha value is -3.02. The van der Waals surface area contributed by atoms with E-state index in [0.29, 0.717) is 17.1 Å². The molecule has 0 aliphatic carbocycles. The number of anilines is 1. The smallest absolute Gasteiger partial charge is 0.303 e. The van der Waals surface area contributed by atoms with Crippen molar-refractivity contribution in [2.75, 3.05) is 11.4 Å². The van der Waals surface area contributed by atoms with Gasteiger partial charge in [-0.25, -0.2) is 0 Å². The van der Waals surface area contributed by atoms with E-state index in [1.807, 2.05) is 0 Å². The Balaban J connectivity index is 2.15. The molecule has 13 heteroatoms. The molecule has 35 heavy (non-hydrogen) atoms. The minimum absolute atomic E-state index is 0.0646. The minimum Gasteiger partial charge on any atom is -0.481 e. The summed E-state index contributed by atoms with van der Waals surface area (Å²) in [4.78, 5) is 52.9. The number of halogens is 2. The summed E-state index contributed by atoms with van der Waals surface area (Å²) < 4.78 is 5.10. The number of pyridine rings is 1. The summed E-state index contributed by atoms with van der Waals surface area (Å²) in [5.41, 5.74) is 6.55.